The van der Waals surface area contributed by atoms with Crippen LogP contribution >= 0.6 is 11.7 Å². The third-order valence-electron chi connectivity index (χ3n) is 3.02. The number of nitro benzene ring substituents is 1. The van der Waals surface area contributed by atoms with Crippen LogP contribution in [0.2, 0.25) is 0 Å². The van der Waals surface area contributed by atoms with Gasteiger partial charge in [-0.2, -0.15) is 8.75 Å². The monoisotopic (exact) mass is 324 g/mol. The number of nitro groups is 1. The molecule has 0 saturated heterocycles. The molecule has 1 heterocycles. The second-order valence-electron chi connectivity index (χ2n) is 4.61. The van der Waals surface area contributed by atoms with E-state index in [0.29, 0.717) is 11.9 Å². The number of non-ortho nitro benzene ring substituents is 1. The molecule has 2 aromatic rings. The minimum atomic E-state index is -0.938. The molecular formula is C12H12N4O5S. The number of carboxylic acids is 1. The Morgan fingerprint density at radius 1 is 1.41 bits per heavy atom. The first-order chi connectivity index (χ1) is 10.4. The van der Waals surface area contributed by atoms with Gasteiger partial charge in [0.1, 0.15) is 5.52 Å². The Morgan fingerprint density at radius 2 is 2.14 bits per heavy atom. The van der Waals surface area contributed by atoms with Crippen LogP contribution in [0, 0.1) is 10.1 Å². The predicted octanol–water partition coefficient (Wildman–Crippen LogP) is 1.54. The second-order valence-corrected chi connectivity index (χ2v) is 5.14. The molecular weight excluding hydrogens is 312 g/mol. The number of benzene rings is 1. The number of fused-ring (bicyclic) bond motifs is 1. The SMILES string of the molecule is CN(CCCC(=O)O)C(=O)c1cc([N+](=O)[O-])c2nsnc2c1. The van der Waals surface area contributed by atoms with Crippen LogP contribution in [-0.4, -0.2) is 49.1 Å². The topological polar surface area (TPSA) is 127 Å². The van der Waals surface area contributed by atoms with E-state index >= 15 is 0 Å². The van der Waals surface area contributed by atoms with E-state index in [0.717, 1.165) is 11.7 Å². The van der Waals surface area contributed by atoms with Crippen molar-refractivity contribution in [3.8, 4) is 0 Å². The van der Waals surface area contributed by atoms with E-state index in [-0.39, 0.29) is 29.7 Å². The minimum Gasteiger partial charge on any atom is -0.481 e. The fourth-order valence-electron chi connectivity index (χ4n) is 1.92. The molecule has 0 unspecified atom stereocenters. The van der Waals surface area contributed by atoms with Gasteiger partial charge in [-0.05, 0) is 12.5 Å². The van der Waals surface area contributed by atoms with E-state index < -0.39 is 16.8 Å². The van der Waals surface area contributed by atoms with Gasteiger partial charge in [-0.15, -0.1) is 0 Å². The Kier molecular flexibility index (Phi) is 4.61. The minimum absolute atomic E-state index is 0.0488. The van der Waals surface area contributed by atoms with Crippen molar-refractivity contribution in [3.05, 3.63) is 27.8 Å². The van der Waals surface area contributed by atoms with Crippen molar-refractivity contribution in [1.82, 2.24) is 13.6 Å². The summed E-state index contributed by atoms with van der Waals surface area (Å²) in [5.41, 5.74) is 0.305. The van der Waals surface area contributed by atoms with Gasteiger partial charge in [-0.1, -0.05) is 0 Å². The van der Waals surface area contributed by atoms with Gasteiger partial charge in [0.25, 0.3) is 11.6 Å². The lowest BCUT2D eigenvalue weighted by Crippen LogP contribution is -2.28. The molecule has 0 aliphatic carbocycles. The predicted molar refractivity (Wildman–Crippen MR) is 77.9 cm³/mol. The number of hydrogen-bond donors (Lipinski definition) is 1. The van der Waals surface area contributed by atoms with Crippen molar-refractivity contribution in [2.45, 2.75) is 12.8 Å². The first-order valence-electron chi connectivity index (χ1n) is 6.28. The van der Waals surface area contributed by atoms with Crippen molar-refractivity contribution < 1.29 is 19.6 Å². The molecule has 0 aliphatic rings. The zero-order valence-electron chi connectivity index (χ0n) is 11.6. The van der Waals surface area contributed by atoms with Crippen molar-refractivity contribution in [1.29, 1.82) is 0 Å². The number of carbonyl (C=O) groups is 2. The molecule has 0 bridgehead atoms. The van der Waals surface area contributed by atoms with E-state index in [1.807, 2.05) is 0 Å². The summed E-state index contributed by atoms with van der Waals surface area (Å²) in [5, 5.41) is 19.6. The molecule has 0 aliphatic heterocycles. The lowest BCUT2D eigenvalue weighted by molar-refractivity contribution is -0.383. The lowest BCUT2D eigenvalue weighted by atomic mass is 10.1. The fourth-order valence-corrected chi connectivity index (χ4v) is 2.46. The van der Waals surface area contributed by atoms with Gasteiger partial charge < -0.3 is 10.0 Å². The van der Waals surface area contributed by atoms with Crippen molar-refractivity contribution in [2.24, 2.45) is 0 Å². The van der Waals surface area contributed by atoms with E-state index in [4.69, 9.17) is 5.11 Å². The molecule has 0 fully saturated rings. The number of aliphatic carboxylic acids is 1. The summed E-state index contributed by atoms with van der Waals surface area (Å²) in [4.78, 5) is 34.5. The Hall–Kier alpha value is -2.62. The standard InChI is InChI=1S/C12H12N4O5S/c1-15(4-2-3-10(17)18)12(19)7-5-8-11(14-22-13-8)9(6-7)16(20)21/h5-6H,2-4H2,1H3,(H,17,18). The Bertz CT molecular complexity index is 744. The maximum absolute atomic E-state index is 12.3. The summed E-state index contributed by atoms with van der Waals surface area (Å²) in [6.45, 7) is 0.242. The average Bonchev–Trinajstić information content (AvgIpc) is 2.92. The highest BCUT2D eigenvalue weighted by molar-refractivity contribution is 7.00. The zero-order chi connectivity index (χ0) is 16.3. The quantitative estimate of drug-likeness (QED) is 0.630. The molecule has 22 heavy (non-hydrogen) atoms. The summed E-state index contributed by atoms with van der Waals surface area (Å²) in [6, 6.07) is 2.61. The molecule has 0 atom stereocenters. The third-order valence-corrected chi connectivity index (χ3v) is 3.56. The Morgan fingerprint density at radius 3 is 2.77 bits per heavy atom. The van der Waals surface area contributed by atoms with Gasteiger partial charge >= 0.3 is 5.97 Å². The van der Waals surface area contributed by atoms with Gasteiger partial charge in [-0.25, -0.2) is 0 Å². The molecule has 1 aromatic heterocycles. The number of rotatable bonds is 6. The first-order valence-corrected chi connectivity index (χ1v) is 7.01. The van der Waals surface area contributed by atoms with E-state index in [1.54, 1.807) is 0 Å². The molecule has 2 rings (SSSR count). The number of nitrogens with zero attached hydrogens (tertiary/aromatic N) is 4. The number of amides is 1. The third kappa shape index (κ3) is 3.34. The Balaban J connectivity index is 2.24. The van der Waals surface area contributed by atoms with Crippen LogP contribution in [0.25, 0.3) is 11.0 Å². The molecule has 9 nitrogen and oxygen atoms in total. The van der Waals surface area contributed by atoms with Gasteiger partial charge in [0.15, 0.2) is 5.52 Å². The molecule has 116 valence electrons. The van der Waals surface area contributed by atoms with Crippen LogP contribution in [0.3, 0.4) is 0 Å². The molecule has 1 N–H and O–H groups in total. The van der Waals surface area contributed by atoms with E-state index in [9.17, 15) is 19.7 Å². The highest BCUT2D eigenvalue weighted by atomic mass is 32.1. The summed E-state index contributed by atoms with van der Waals surface area (Å²) in [5.74, 6) is -1.37. The average molecular weight is 324 g/mol. The van der Waals surface area contributed by atoms with E-state index in [1.165, 1.54) is 24.1 Å². The fraction of sp³-hybridized carbons (Fsp3) is 0.333. The van der Waals surface area contributed by atoms with Crippen LogP contribution in [0.15, 0.2) is 12.1 Å². The number of carboxylic acid groups (broad SMARTS) is 1. The number of carbonyl (C=O) groups excluding carboxylic acids is 1. The highest BCUT2D eigenvalue weighted by Gasteiger charge is 2.21. The summed E-state index contributed by atoms with van der Waals surface area (Å²) >= 11 is 0.836. The van der Waals surface area contributed by atoms with Gasteiger partial charge in [0, 0.05) is 31.6 Å². The normalized spacial score (nSPS) is 10.6. The maximum atomic E-state index is 12.3. The highest BCUT2D eigenvalue weighted by Crippen LogP contribution is 2.26. The van der Waals surface area contributed by atoms with Crippen LogP contribution < -0.4 is 0 Å². The van der Waals surface area contributed by atoms with E-state index in [2.05, 4.69) is 8.75 Å². The van der Waals surface area contributed by atoms with Crippen LogP contribution in [0.4, 0.5) is 5.69 Å². The molecule has 1 aromatic carbocycles. The van der Waals surface area contributed by atoms with Gasteiger partial charge in [-0.3, -0.25) is 19.7 Å². The maximum Gasteiger partial charge on any atom is 0.303 e. The molecule has 0 saturated carbocycles. The zero-order valence-corrected chi connectivity index (χ0v) is 12.4. The largest absolute Gasteiger partial charge is 0.481 e. The smallest absolute Gasteiger partial charge is 0.303 e. The second kappa shape index (κ2) is 6.43. The van der Waals surface area contributed by atoms with Gasteiger partial charge in [0.05, 0.1) is 16.7 Å². The van der Waals surface area contributed by atoms with Gasteiger partial charge in [0.2, 0.25) is 0 Å². The van der Waals surface area contributed by atoms with Crippen LogP contribution in [0.1, 0.15) is 23.2 Å². The molecule has 0 radical (unpaired) electrons. The van der Waals surface area contributed by atoms with Crippen molar-refractivity contribution in [3.63, 3.8) is 0 Å². The first kappa shape index (κ1) is 15.8. The lowest BCUT2D eigenvalue weighted by Gasteiger charge is -2.16. The number of aromatic nitrogens is 2. The summed E-state index contributed by atoms with van der Waals surface area (Å²) in [7, 11) is 1.51. The summed E-state index contributed by atoms with van der Waals surface area (Å²) < 4.78 is 7.78. The van der Waals surface area contributed by atoms with Crippen molar-refractivity contribution in [2.75, 3.05) is 13.6 Å². The van der Waals surface area contributed by atoms with Crippen LogP contribution in [-0.2, 0) is 4.79 Å². The van der Waals surface area contributed by atoms with Crippen LogP contribution in [0.5, 0.6) is 0 Å². The summed E-state index contributed by atoms with van der Waals surface area (Å²) in [6.07, 6.45) is 0.257. The Labute approximate surface area is 128 Å². The number of hydrogen-bond acceptors (Lipinski definition) is 7. The molecule has 1 amide bonds. The molecule has 10 heteroatoms. The molecule has 0 spiro atoms. The van der Waals surface area contributed by atoms with Crippen molar-refractivity contribution >= 4 is 40.3 Å².